The van der Waals surface area contributed by atoms with Crippen molar-refractivity contribution in [3.05, 3.63) is 65.2 Å². The highest BCUT2D eigenvalue weighted by molar-refractivity contribution is 5.35. The van der Waals surface area contributed by atoms with Gasteiger partial charge >= 0.3 is 6.18 Å². The molecule has 0 aliphatic carbocycles. The molecule has 1 aromatic carbocycles. The molecule has 2 nitrogen and oxygen atoms in total. The van der Waals surface area contributed by atoms with Crippen LogP contribution in [0, 0.1) is 5.82 Å². The van der Waals surface area contributed by atoms with E-state index in [9.17, 15) is 17.6 Å². The zero-order valence-electron chi connectivity index (χ0n) is 10.6. The molecule has 0 fully saturated rings. The largest absolute Gasteiger partial charge is 0.419 e. The Bertz CT molecular complexity index is 581. The van der Waals surface area contributed by atoms with Crippen LogP contribution < -0.4 is 5.32 Å². The standard InChI is InChI=1S/C14H12F4N2/c1-19-13(9-4-6-20-7-5-9)10-2-3-12(15)11(8-10)14(16,17)18/h2-8,13,19H,1H3. The second kappa shape index (κ2) is 5.58. The highest BCUT2D eigenvalue weighted by Crippen LogP contribution is 2.34. The molecule has 0 radical (unpaired) electrons. The smallest absolute Gasteiger partial charge is 0.309 e. The van der Waals surface area contributed by atoms with E-state index in [4.69, 9.17) is 0 Å². The summed E-state index contributed by atoms with van der Waals surface area (Å²) >= 11 is 0. The van der Waals surface area contributed by atoms with Gasteiger partial charge < -0.3 is 5.32 Å². The Labute approximate surface area is 113 Å². The lowest BCUT2D eigenvalue weighted by Gasteiger charge is -2.19. The van der Waals surface area contributed by atoms with E-state index in [0.717, 1.165) is 17.7 Å². The number of benzene rings is 1. The SMILES string of the molecule is CNC(c1ccncc1)c1ccc(F)c(C(F)(F)F)c1. The third-order valence-electron chi connectivity index (χ3n) is 2.96. The first-order valence-electron chi connectivity index (χ1n) is 5.87. The Morgan fingerprint density at radius 1 is 1.05 bits per heavy atom. The van der Waals surface area contributed by atoms with Gasteiger partial charge in [0, 0.05) is 12.4 Å². The molecule has 0 aliphatic rings. The first kappa shape index (κ1) is 14.5. The summed E-state index contributed by atoms with van der Waals surface area (Å²) in [6.45, 7) is 0. The maximum atomic E-state index is 13.3. The number of nitrogens with zero attached hydrogens (tertiary/aromatic N) is 1. The molecule has 1 heterocycles. The van der Waals surface area contributed by atoms with Gasteiger partial charge in [-0.1, -0.05) is 6.07 Å². The predicted octanol–water partition coefficient (Wildman–Crippen LogP) is 3.55. The quantitative estimate of drug-likeness (QED) is 0.872. The Kier molecular flexibility index (Phi) is 4.04. The summed E-state index contributed by atoms with van der Waals surface area (Å²) in [7, 11) is 1.63. The van der Waals surface area contributed by atoms with Gasteiger partial charge in [0.05, 0.1) is 11.6 Å². The molecule has 0 spiro atoms. The lowest BCUT2D eigenvalue weighted by atomic mass is 9.97. The fraction of sp³-hybridized carbons (Fsp3) is 0.214. The van der Waals surface area contributed by atoms with Gasteiger partial charge in [-0.15, -0.1) is 0 Å². The minimum Gasteiger partial charge on any atom is -0.309 e. The second-order valence-corrected chi connectivity index (χ2v) is 4.24. The Balaban J connectivity index is 2.46. The number of pyridine rings is 1. The number of aromatic nitrogens is 1. The van der Waals surface area contributed by atoms with Crippen LogP contribution in [0.5, 0.6) is 0 Å². The van der Waals surface area contributed by atoms with Gasteiger partial charge in [0.2, 0.25) is 0 Å². The number of halogens is 4. The third kappa shape index (κ3) is 2.96. The van der Waals surface area contributed by atoms with Crippen LogP contribution in [0.2, 0.25) is 0 Å². The van der Waals surface area contributed by atoms with Crippen molar-refractivity contribution in [1.82, 2.24) is 10.3 Å². The van der Waals surface area contributed by atoms with Crippen molar-refractivity contribution < 1.29 is 17.6 Å². The van der Waals surface area contributed by atoms with Gasteiger partial charge in [-0.05, 0) is 42.4 Å². The molecule has 6 heteroatoms. The van der Waals surface area contributed by atoms with Crippen LogP contribution in [0.3, 0.4) is 0 Å². The van der Waals surface area contributed by atoms with E-state index in [1.807, 2.05) is 0 Å². The van der Waals surface area contributed by atoms with Crippen LogP contribution in [0.4, 0.5) is 17.6 Å². The van der Waals surface area contributed by atoms with Crippen molar-refractivity contribution in [3.8, 4) is 0 Å². The lowest BCUT2D eigenvalue weighted by molar-refractivity contribution is -0.140. The second-order valence-electron chi connectivity index (χ2n) is 4.24. The van der Waals surface area contributed by atoms with Crippen LogP contribution in [0.25, 0.3) is 0 Å². The zero-order chi connectivity index (χ0) is 14.8. The highest BCUT2D eigenvalue weighted by atomic mass is 19.4. The first-order chi connectivity index (χ1) is 9.43. The highest BCUT2D eigenvalue weighted by Gasteiger charge is 2.34. The Morgan fingerprint density at radius 2 is 1.70 bits per heavy atom. The van der Waals surface area contributed by atoms with Crippen LogP contribution >= 0.6 is 0 Å². The molecule has 2 aromatic rings. The molecule has 1 unspecified atom stereocenters. The molecule has 0 bridgehead atoms. The third-order valence-corrected chi connectivity index (χ3v) is 2.96. The van der Waals surface area contributed by atoms with Gasteiger partial charge in [-0.25, -0.2) is 4.39 Å². The van der Waals surface area contributed by atoms with Crippen LogP contribution in [0.1, 0.15) is 22.7 Å². The number of hydrogen-bond donors (Lipinski definition) is 1. The molecule has 106 valence electrons. The molecule has 1 N–H and O–H groups in total. The van der Waals surface area contributed by atoms with Crippen molar-refractivity contribution in [2.45, 2.75) is 12.2 Å². The summed E-state index contributed by atoms with van der Waals surface area (Å²) in [6, 6.07) is 5.93. The number of hydrogen-bond acceptors (Lipinski definition) is 2. The monoisotopic (exact) mass is 284 g/mol. The molecule has 1 atom stereocenters. The van der Waals surface area contributed by atoms with E-state index in [0.29, 0.717) is 5.56 Å². The molecular weight excluding hydrogens is 272 g/mol. The average molecular weight is 284 g/mol. The minimum absolute atomic E-state index is 0.340. The molecule has 2 rings (SSSR count). The summed E-state index contributed by atoms with van der Waals surface area (Å²) in [4.78, 5) is 3.86. The first-order valence-corrected chi connectivity index (χ1v) is 5.87. The Morgan fingerprint density at radius 3 is 2.25 bits per heavy atom. The van der Waals surface area contributed by atoms with E-state index in [1.54, 1.807) is 31.6 Å². The summed E-state index contributed by atoms with van der Waals surface area (Å²) in [5.74, 6) is -1.27. The maximum absolute atomic E-state index is 13.3. The van der Waals surface area contributed by atoms with Crippen molar-refractivity contribution >= 4 is 0 Å². The fourth-order valence-electron chi connectivity index (χ4n) is 2.02. The van der Waals surface area contributed by atoms with E-state index < -0.39 is 23.6 Å². The molecule has 0 saturated carbocycles. The molecular formula is C14H12F4N2. The fourth-order valence-corrected chi connectivity index (χ4v) is 2.02. The topological polar surface area (TPSA) is 24.9 Å². The summed E-state index contributed by atoms with van der Waals surface area (Å²) in [6.07, 6.45) is -1.61. The van der Waals surface area contributed by atoms with E-state index in [1.165, 1.54) is 6.07 Å². The van der Waals surface area contributed by atoms with Gasteiger partial charge in [-0.3, -0.25) is 4.98 Å². The number of rotatable bonds is 3. The van der Waals surface area contributed by atoms with Crippen molar-refractivity contribution in [3.63, 3.8) is 0 Å². The number of nitrogens with one attached hydrogen (secondary N) is 1. The molecule has 1 aromatic heterocycles. The molecule has 0 amide bonds. The van der Waals surface area contributed by atoms with Gasteiger partial charge in [-0.2, -0.15) is 13.2 Å². The molecule has 20 heavy (non-hydrogen) atoms. The van der Waals surface area contributed by atoms with Crippen molar-refractivity contribution in [2.75, 3.05) is 7.05 Å². The summed E-state index contributed by atoms with van der Waals surface area (Å²) < 4.78 is 51.5. The summed E-state index contributed by atoms with van der Waals surface area (Å²) in [5, 5.41) is 2.92. The van der Waals surface area contributed by atoms with Crippen LogP contribution in [-0.2, 0) is 6.18 Å². The molecule has 0 aliphatic heterocycles. The Hall–Kier alpha value is -1.95. The van der Waals surface area contributed by atoms with E-state index in [-0.39, 0.29) is 0 Å². The normalized spacial score (nSPS) is 13.2. The average Bonchev–Trinajstić information content (AvgIpc) is 2.41. The summed E-state index contributed by atoms with van der Waals surface area (Å²) in [5.41, 5.74) is -0.168. The van der Waals surface area contributed by atoms with Gasteiger partial charge in [0.1, 0.15) is 5.82 Å². The van der Waals surface area contributed by atoms with Crippen LogP contribution in [-0.4, -0.2) is 12.0 Å². The van der Waals surface area contributed by atoms with Gasteiger partial charge in [0.15, 0.2) is 0 Å². The van der Waals surface area contributed by atoms with Gasteiger partial charge in [0.25, 0.3) is 0 Å². The van der Waals surface area contributed by atoms with Crippen molar-refractivity contribution in [2.24, 2.45) is 0 Å². The number of alkyl halides is 3. The van der Waals surface area contributed by atoms with Crippen LogP contribution in [0.15, 0.2) is 42.7 Å². The maximum Gasteiger partial charge on any atom is 0.419 e. The van der Waals surface area contributed by atoms with E-state index >= 15 is 0 Å². The lowest BCUT2D eigenvalue weighted by Crippen LogP contribution is -2.19. The predicted molar refractivity (Wildman–Crippen MR) is 66.5 cm³/mol. The molecule has 0 saturated heterocycles. The zero-order valence-corrected chi connectivity index (χ0v) is 10.6. The van der Waals surface area contributed by atoms with Crippen molar-refractivity contribution in [1.29, 1.82) is 0 Å². The van der Waals surface area contributed by atoms with E-state index in [2.05, 4.69) is 10.3 Å². The minimum atomic E-state index is -4.71.